The number of ether oxygens (including phenoxy) is 1. The van der Waals surface area contributed by atoms with E-state index in [0.29, 0.717) is 16.9 Å². The second-order valence-corrected chi connectivity index (χ2v) is 10.5. The second kappa shape index (κ2) is 9.76. The first-order chi connectivity index (χ1) is 18.3. The van der Waals surface area contributed by atoms with E-state index in [1.807, 2.05) is 25.1 Å². The van der Waals surface area contributed by atoms with E-state index in [2.05, 4.69) is 25.4 Å². The highest BCUT2D eigenvalue weighted by atomic mass is 35.5. The first-order valence-electron chi connectivity index (χ1n) is 11.6. The Morgan fingerprint density at radius 3 is 2.79 bits per heavy atom. The molecule has 0 spiro atoms. The van der Waals surface area contributed by atoms with Crippen LogP contribution in [0, 0.1) is 12.7 Å². The van der Waals surface area contributed by atoms with Gasteiger partial charge in [0.2, 0.25) is 0 Å². The van der Waals surface area contributed by atoms with Crippen LogP contribution in [0.15, 0.2) is 48.9 Å². The normalized spacial score (nSPS) is 23.8. The van der Waals surface area contributed by atoms with Crippen molar-refractivity contribution in [2.75, 3.05) is 6.61 Å². The zero-order valence-corrected chi connectivity index (χ0v) is 21.3. The summed E-state index contributed by atoms with van der Waals surface area (Å²) in [6.07, 6.45) is -2.03. The van der Waals surface area contributed by atoms with E-state index in [1.54, 1.807) is 17.4 Å². The van der Waals surface area contributed by atoms with E-state index in [4.69, 9.17) is 16.3 Å². The van der Waals surface area contributed by atoms with Gasteiger partial charge in [0.05, 0.1) is 38.7 Å². The highest BCUT2D eigenvalue weighted by Gasteiger charge is 2.48. The van der Waals surface area contributed by atoms with Crippen LogP contribution in [-0.4, -0.2) is 75.0 Å². The summed E-state index contributed by atoms with van der Waals surface area (Å²) in [5.74, 6) is -0.343. The highest BCUT2D eigenvalue weighted by Crippen LogP contribution is 2.38. The fourth-order valence-electron chi connectivity index (χ4n) is 4.64. The number of nitrogens with zero attached hydrogens (tertiary/aromatic N) is 7. The van der Waals surface area contributed by atoms with Crippen LogP contribution >= 0.6 is 22.9 Å². The zero-order valence-electron chi connectivity index (χ0n) is 19.8. The molecule has 0 saturated carbocycles. The third kappa shape index (κ3) is 4.26. The standard InChI is InChI=1S/C24H21ClFN7O4S/c1-11-29-16-5-3-13(7-19(16)38-11)33-24(27-10-28-33)23-22(36)20(21(35)18(9-34)37-23)32-8-17(30-31-32)12-2-4-14(25)15(26)6-12/h2-8,10,18,20-23,34-36H,9H2,1H3/t18-,20+,21+,22-,23-/m1/s1. The van der Waals surface area contributed by atoms with Crippen molar-refractivity contribution >= 4 is 33.2 Å². The van der Waals surface area contributed by atoms with Crippen LogP contribution < -0.4 is 0 Å². The lowest BCUT2D eigenvalue weighted by molar-refractivity contribution is -0.210. The Hall–Kier alpha value is -3.33. The number of hydrogen-bond acceptors (Lipinski definition) is 10. The number of aromatic nitrogens is 7. The van der Waals surface area contributed by atoms with Crippen LogP contribution in [-0.2, 0) is 4.74 Å². The molecule has 38 heavy (non-hydrogen) atoms. The third-order valence-corrected chi connectivity index (χ3v) is 7.72. The average Bonchev–Trinajstić information content (AvgIpc) is 3.65. The third-order valence-electron chi connectivity index (χ3n) is 6.48. The average molecular weight is 558 g/mol. The minimum Gasteiger partial charge on any atom is -0.394 e. The van der Waals surface area contributed by atoms with Crippen molar-refractivity contribution in [3.05, 3.63) is 70.6 Å². The molecule has 0 unspecified atom stereocenters. The maximum absolute atomic E-state index is 14.0. The lowest BCUT2D eigenvalue weighted by atomic mass is 9.92. The summed E-state index contributed by atoms with van der Waals surface area (Å²) < 4.78 is 23.7. The summed E-state index contributed by atoms with van der Waals surface area (Å²) in [7, 11) is 0. The number of aliphatic hydroxyl groups is 3. The number of hydrogen-bond donors (Lipinski definition) is 3. The molecule has 0 aliphatic carbocycles. The number of benzene rings is 2. The largest absolute Gasteiger partial charge is 0.394 e. The van der Waals surface area contributed by atoms with Crippen molar-refractivity contribution in [3.8, 4) is 16.9 Å². The van der Waals surface area contributed by atoms with Gasteiger partial charge in [-0.25, -0.2) is 23.7 Å². The number of thiazole rings is 1. The molecule has 14 heteroatoms. The number of halogens is 2. The van der Waals surface area contributed by atoms with Gasteiger partial charge < -0.3 is 20.1 Å². The molecule has 5 aromatic rings. The summed E-state index contributed by atoms with van der Waals surface area (Å²) in [5.41, 5.74) is 2.26. The monoisotopic (exact) mass is 557 g/mol. The first kappa shape index (κ1) is 25.0. The van der Waals surface area contributed by atoms with Crippen molar-refractivity contribution in [3.63, 3.8) is 0 Å². The first-order valence-corrected chi connectivity index (χ1v) is 12.8. The Labute approximate surface area is 223 Å². The summed E-state index contributed by atoms with van der Waals surface area (Å²) >= 11 is 7.32. The van der Waals surface area contributed by atoms with Crippen LogP contribution in [0.1, 0.15) is 23.0 Å². The quantitative estimate of drug-likeness (QED) is 0.297. The Morgan fingerprint density at radius 2 is 2.00 bits per heavy atom. The van der Waals surface area contributed by atoms with E-state index in [-0.39, 0.29) is 10.8 Å². The predicted molar refractivity (Wildman–Crippen MR) is 135 cm³/mol. The van der Waals surface area contributed by atoms with Crippen molar-refractivity contribution in [1.82, 2.24) is 34.7 Å². The second-order valence-electron chi connectivity index (χ2n) is 8.88. The molecule has 196 valence electrons. The van der Waals surface area contributed by atoms with Gasteiger partial charge in [-0.05, 0) is 37.3 Å². The summed E-state index contributed by atoms with van der Waals surface area (Å²) in [5, 5.41) is 45.7. The predicted octanol–water partition coefficient (Wildman–Crippen LogP) is 2.63. The van der Waals surface area contributed by atoms with E-state index >= 15 is 0 Å². The highest BCUT2D eigenvalue weighted by molar-refractivity contribution is 7.18. The summed E-state index contributed by atoms with van der Waals surface area (Å²) in [4.78, 5) is 8.81. The Kier molecular flexibility index (Phi) is 6.42. The fraction of sp³-hybridized carbons (Fsp3) is 0.292. The smallest absolute Gasteiger partial charge is 0.163 e. The molecule has 1 aliphatic heterocycles. The van der Waals surface area contributed by atoms with Crippen LogP contribution in [0.2, 0.25) is 5.02 Å². The minimum absolute atomic E-state index is 0.0289. The van der Waals surface area contributed by atoms with Crippen LogP contribution in [0.4, 0.5) is 4.39 Å². The van der Waals surface area contributed by atoms with Gasteiger partial charge in [-0.3, -0.25) is 0 Å². The SMILES string of the molecule is Cc1nc2ccc(-n3ncnc3[C@@H]3O[C@H](CO)[C@H](O)[C@H](n4cc(-c5ccc(Cl)c(F)c5)nn4)[C@H]3O)cc2s1. The number of rotatable bonds is 5. The fourth-order valence-corrected chi connectivity index (χ4v) is 5.62. The molecule has 0 amide bonds. The van der Waals surface area contributed by atoms with E-state index in [0.717, 1.165) is 15.2 Å². The van der Waals surface area contributed by atoms with Crippen LogP contribution in [0.3, 0.4) is 0 Å². The lowest BCUT2D eigenvalue weighted by Gasteiger charge is -2.41. The molecule has 1 fully saturated rings. The molecular formula is C24H21ClFN7O4S. The van der Waals surface area contributed by atoms with Gasteiger partial charge in [-0.1, -0.05) is 22.9 Å². The van der Waals surface area contributed by atoms with Gasteiger partial charge >= 0.3 is 0 Å². The number of aliphatic hydroxyl groups excluding tert-OH is 3. The maximum atomic E-state index is 14.0. The van der Waals surface area contributed by atoms with Crippen molar-refractivity contribution < 1.29 is 24.4 Å². The van der Waals surface area contributed by atoms with Gasteiger partial charge in [0.15, 0.2) is 5.82 Å². The topological polar surface area (TPSA) is 144 Å². The molecule has 1 saturated heterocycles. The summed E-state index contributed by atoms with van der Waals surface area (Å²) in [6.45, 7) is 1.40. The molecule has 3 N–H and O–H groups in total. The molecule has 0 bridgehead atoms. The van der Waals surface area contributed by atoms with Crippen molar-refractivity contribution in [2.24, 2.45) is 0 Å². The maximum Gasteiger partial charge on any atom is 0.163 e. The van der Waals surface area contributed by atoms with Gasteiger partial charge in [-0.15, -0.1) is 16.4 Å². The van der Waals surface area contributed by atoms with Crippen molar-refractivity contribution in [1.29, 1.82) is 0 Å². The van der Waals surface area contributed by atoms with Gasteiger partial charge in [0, 0.05) is 5.56 Å². The molecular weight excluding hydrogens is 537 g/mol. The van der Waals surface area contributed by atoms with E-state index in [1.165, 1.54) is 34.0 Å². The van der Waals surface area contributed by atoms with Crippen molar-refractivity contribution in [2.45, 2.75) is 37.4 Å². The molecule has 6 rings (SSSR count). The Balaban J connectivity index is 1.36. The molecule has 2 aromatic carbocycles. The summed E-state index contributed by atoms with van der Waals surface area (Å²) in [6, 6.07) is 8.76. The lowest BCUT2D eigenvalue weighted by Crippen LogP contribution is -2.53. The van der Waals surface area contributed by atoms with Gasteiger partial charge in [0.25, 0.3) is 0 Å². The number of aryl methyl sites for hydroxylation is 1. The zero-order chi connectivity index (χ0) is 26.6. The van der Waals surface area contributed by atoms with E-state index in [9.17, 15) is 19.7 Å². The molecule has 3 aromatic heterocycles. The minimum atomic E-state index is -1.36. The number of fused-ring (bicyclic) bond motifs is 1. The molecule has 4 heterocycles. The van der Waals surface area contributed by atoms with Gasteiger partial charge in [-0.2, -0.15) is 5.10 Å². The molecule has 5 atom stereocenters. The van der Waals surface area contributed by atoms with Crippen LogP contribution in [0.5, 0.6) is 0 Å². The Bertz CT molecular complexity index is 1620. The van der Waals surface area contributed by atoms with Gasteiger partial charge in [0.1, 0.15) is 48.3 Å². The molecule has 0 radical (unpaired) electrons. The van der Waals surface area contributed by atoms with E-state index < -0.39 is 42.9 Å². The molecule has 1 aliphatic rings. The Morgan fingerprint density at radius 1 is 1.16 bits per heavy atom. The molecule has 11 nitrogen and oxygen atoms in total. The van der Waals surface area contributed by atoms with Crippen LogP contribution in [0.25, 0.3) is 27.2 Å².